The fourth-order valence-electron chi connectivity index (χ4n) is 4.32. The van der Waals surface area contributed by atoms with E-state index in [-0.39, 0.29) is 42.1 Å². The van der Waals surface area contributed by atoms with E-state index in [1.807, 2.05) is 0 Å². The summed E-state index contributed by atoms with van der Waals surface area (Å²) < 4.78 is 97.9. The summed E-state index contributed by atoms with van der Waals surface area (Å²) in [6.45, 7) is 5.08. The first-order valence-electron chi connectivity index (χ1n) is 11.1. The maximum absolute atomic E-state index is 15.0. The van der Waals surface area contributed by atoms with Crippen molar-refractivity contribution in [1.29, 1.82) is 0 Å². The van der Waals surface area contributed by atoms with Crippen molar-refractivity contribution < 1.29 is 35.8 Å². The molecule has 3 aromatic rings. The maximum Gasteiger partial charge on any atom is 0.201 e. The molecule has 0 bridgehead atoms. The third-order valence-corrected chi connectivity index (χ3v) is 6.17. The molecule has 35 heavy (non-hydrogen) atoms. The molecule has 2 nitrogen and oxygen atoms in total. The fourth-order valence-corrected chi connectivity index (χ4v) is 4.32. The molecule has 0 saturated carbocycles. The second-order valence-corrected chi connectivity index (χ2v) is 8.17. The molecule has 1 saturated heterocycles. The van der Waals surface area contributed by atoms with E-state index in [0.29, 0.717) is 6.42 Å². The Morgan fingerprint density at radius 1 is 0.800 bits per heavy atom. The average molecular weight is 492 g/mol. The maximum atomic E-state index is 15.0. The Kier molecular flexibility index (Phi) is 7.21. The third-order valence-electron chi connectivity index (χ3n) is 6.17. The highest BCUT2D eigenvalue weighted by molar-refractivity contribution is 5.67. The van der Waals surface area contributed by atoms with E-state index in [4.69, 9.17) is 9.47 Å². The van der Waals surface area contributed by atoms with E-state index in [1.54, 1.807) is 6.92 Å². The van der Waals surface area contributed by atoms with Crippen LogP contribution in [0.2, 0.25) is 0 Å². The van der Waals surface area contributed by atoms with Gasteiger partial charge in [0.25, 0.3) is 0 Å². The Morgan fingerprint density at radius 2 is 1.43 bits per heavy atom. The highest BCUT2D eigenvalue weighted by Crippen LogP contribution is 2.40. The number of hydrogen-bond acceptors (Lipinski definition) is 2. The number of ether oxygens (including phenoxy) is 2. The predicted molar refractivity (Wildman–Crippen MR) is 120 cm³/mol. The molecule has 1 aliphatic heterocycles. The highest BCUT2D eigenvalue weighted by Gasteiger charge is 2.30. The van der Waals surface area contributed by atoms with Gasteiger partial charge in [-0.3, -0.25) is 0 Å². The predicted octanol–water partition coefficient (Wildman–Crippen LogP) is 7.87. The van der Waals surface area contributed by atoms with Crippen LogP contribution in [0.1, 0.15) is 48.5 Å². The van der Waals surface area contributed by atoms with Crippen LogP contribution in [0, 0.1) is 34.9 Å². The van der Waals surface area contributed by atoms with Gasteiger partial charge in [-0.2, -0.15) is 4.39 Å². The van der Waals surface area contributed by atoms with Gasteiger partial charge in [-0.25, -0.2) is 22.0 Å². The summed E-state index contributed by atoms with van der Waals surface area (Å²) in [7, 11) is 0. The van der Waals surface area contributed by atoms with Crippen molar-refractivity contribution in [3.63, 3.8) is 0 Å². The highest BCUT2D eigenvalue weighted by atomic mass is 19.2. The summed E-state index contributed by atoms with van der Waals surface area (Å²) in [4.78, 5) is 0. The van der Waals surface area contributed by atoms with Crippen LogP contribution >= 0.6 is 0 Å². The molecule has 2 unspecified atom stereocenters. The van der Waals surface area contributed by atoms with E-state index in [9.17, 15) is 26.3 Å². The van der Waals surface area contributed by atoms with Crippen LogP contribution in [-0.2, 0) is 4.74 Å². The van der Waals surface area contributed by atoms with Gasteiger partial charge in [0.05, 0.1) is 19.3 Å². The van der Waals surface area contributed by atoms with Crippen LogP contribution in [0.15, 0.2) is 43.0 Å². The van der Waals surface area contributed by atoms with E-state index >= 15 is 0 Å². The largest absolute Gasteiger partial charge is 0.491 e. The topological polar surface area (TPSA) is 18.5 Å². The van der Waals surface area contributed by atoms with Crippen molar-refractivity contribution in [2.24, 2.45) is 0 Å². The van der Waals surface area contributed by atoms with Gasteiger partial charge in [-0.15, -0.1) is 0 Å². The second-order valence-electron chi connectivity index (χ2n) is 8.17. The van der Waals surface area contributed by atoms with Gasteiger partial charge in [0.15, 0.2) is 34.8 Å². The lowest BCUT2D eigenvalue weighted by molar-refractivity contribution is -0.000649. The summed E-state index contributed by atoms with van der Waals surface area (Å²) in [5.41, 5.74) is -0.789. The van der Waals surface area contributed by atoms with Gasteiger partial charge in [-0.05, 0) is 37.5 Å². The molecule has 0 N–H and O–H groups in total. The molecular weight excluding hydrogens is 470 g/mol. The fraction of sp³-hybridized carbons (Fsp3) is 0.259. The summed E-state index contributed by atoms with van der Waals surface area (Å²) in [5, 5.41) is 0. The van der Waals surface area contributed by atoms with E-state index in [2.05, 4.69) is 6.58 Å². The van der Waals surface area contributed by atoms with E-state index in [0.717, 1.165) is 12.1 Å². The molecule has 1 fully saturated rings. The Hall–Kier alpha value is -3.26. The molecule has 0 aliphatic carbocycles. The zero-order valence-corrected chi connectivity index (χ0v) is 18.8. The molecule has 1 heterocycles. The van der Waals surface area contributed by atoms with Gasteiger partial charge in [0, 0.05) is 28.2 Å². The smallest absolute Gasteiger partial charge is 0.201 e. The first-order chi connectivity index (χ1) is 16.8. The Bertz CT molecular complexity index is 1270. The molecule has 1 aliphatic rings. The molecule has 8 heteroatoms. The van der Waals surface area contributed by atoms with Crippen LogP contribution in [0.5, 0.6) is 5.75 Å². The van der Waals surface area contributed by atoms with Gasteiger partial charge in [-0.1, -0.05) is 36.9 Å². The standard InChI is InChI=1S/C27H22F6O2/c1-3-14-5-7-19(26(32)22(14)28)20-11-6-15(13-35-20)16-8-9-17(24(30)23(16)29)18-10-12-21(34-4-2)27(33)25(18)31/h3,5,7-10,12,15,20H,1,4,6,11,13H2,2H3. The quantitative estimate of drug-likeness (QED) is 0.326. The lowest BCUT2D eigenvalue weighted by Crippen LogP contribution is -2.21. The molecule has 0 radical (unpaired) electrons. The van der Waals surface area contributed by atoms with Crippen molar-refractivity contribution in [2.45, 2.75) is 31.8 Å². The molecule has 3 aromatic carbocycles. The number of hydrogen-bond donors (Lipinski definition) is 0. The second kappa shape index (κ2) is 10.2. The van der Waals surface area contributed by atoms with Crippen molar-refractivity contribution in [3.05, 3.63) is 94.6 Å². The Balaban J connectivity index is 1.55. The van der Waals surface area contributed by atoms with Crippen LogP contribution < -0.4 is 4.74 Å². The van der Waals surface area contributed by atoms with Crippen LogP contribution in [0.25, 0.3) is 17.2 Å². The summed E-state index contributed by atoms with van der Waals surface area (Å²) >= 11 is 0. The van der Waals surface area contributed by atoms with Crippen LogP contribution in [0.3, 0.4) is 0 Å². The van der Waals surface area contributed by atoms with E-state index < -0.39 is 58.1 Å². The van der Waals surface area contributed by atoms with Gasteiger partial charge in [0.1, 0.15) is 0 Å². The van der Waals surface area contributed by atoms with E-state index in [1.165, 1.54) is 30.3 Å². The molecule has 2 atom stereocenters. The molecule has 0 spiro atoms. The van der Waals surface area contributed by atoms with Crippen molar-refractivity contribution in [1.82, 2.24) is 0 Å². The van der Waals surface area contributed by atoms with Gasteiger partial charge < -0.3 is 9.47 Å². The molecular formula is C27H22F6O2. The van der Waals surface area contributed by atoms with Crippen molar-refractivity contribution in [2.75, 3.05) is 13.2 Å². The molecule has 184 valence electrons. The lowest BCUT2D eigenvalue weighted by Gasteiger charge is -2.30. The number of benzene rings is 3. The zero-order valence-electron chi connectivity index (χ0n) is 18.8. The normalized spacial score (nSPS) is 17.9. The monoisotopic (exact) mass is 492 g/mol. The summed E-state index contributed by atoms with van der Waals surface area (Å²) in [6, 6.07) is 7.57. The lowest BCUT2D eigenvalue weighted by atomic mass is 9.87. The number of rotatable bonds is 6. The minimum Gasteiger partial charge on any atom is -0.491 e. The first kappa shape index (κ1) is 24.9. The van der Waals surface area contributed by atoms with Gasteiger partial charge >= 0.3 is 0 Å². The average Bonchev–Trinajstić information content (AvgIpc) is 2.86. The number of halogens is 6. The van der Waals surface area contributed by atoms with Crippen LogP contribution in [-0.4, -0.2) is 13.2 Å². The minimum atomic E-state index is -1.34. The molecule has 4 rings (SSSR count). The first-order valence-corrected chi connectivity index (χ1v) is 11.1. The van der Waals surface area contributed by atoms with Crippen LogP contribution in [0.4, 0.5) is 26.3 Å². The van der Waals surface area contributed by atoms with Gasteiger partial charge in [0.2, 0.25) is 5.82 Å². The minimum absolute atomic E-state index is 0.00479. The summed E-state index contributed by atoms with van der Waals surface area (Å²) in [5.74, 6) is -8.09. The zero-order chi connectivity index (χ0) is 25.3. The SMILES string of the molecule is C=Cc1ccc(C2CCC(c3ccc(-c4ccc(OCC)c(F)c4F)c(F)c3F)CO2)c(F)c1F. The Morgan fingerprint density at radius 3 is 2.06 bits per heavy atom. The third kappa shape index (κ3) is 4.55. The molecule has 0 amide bonds. The molecule has 0 aromatic heterocycles. The summed E-state index contributed by atoms with van der Waals surface area (Å²) in [6.07, 6.45) is 1.02. The van der Waals surface area contributed by atoms with Crippen molar-refractivity contribution >= 4 is 6.08 Å². The van der Waals surface area contributed by atoms with Crippen molar-refractivity contribution in [3.8, 4) is 16.9 Å². The Labute approximate surface area is 198 Å².